The Bertz CT molecular complexity index is 156. The summed E-state index contributed by atoms with van der Waals surface area (Å²) in [7, 11) is 0. The Morgan fingerprint density at radius 1 is 1.64 bits per heavy atom. The van der Waals surface area contributed by atoms with Crippen LogP contribution in [0.15, 0.2) is 11.6 Å². The minimum Gasteiger partial charge on any atom is -0.386 e. The maximum Gasteiger partial charge on any atom is 0.0831 e. The molecule has 0 aromatic heterocycles. The van der Waals surface area contributed by atoms with Crippen LogP contribution in [0.2, 0.25) is 0 Å². The van der Waals surface area contributed by atoms with Gasteiger partial charge in [-0.15, -0.1) is 0 Å². The van der Waals surface area contributed by atoms with Gasteiger partial charge in [0.25, 0.3) is 0 Å². The third kappa shape index (κ3) is 2.06. The smallest absolute Gasteiger partial charge is 0.0831 e. The zero-order chi connectivity index (χ0) is 8.32. The van der Waals surface area contributed by atoms with Gasteiger partial charge in [-0.3, -0.25) is 0 Å². The molecule has 0 heterocycles. The SMILES string of the molecule is CCCCC1=CCC[C@]1(C)O. The highest BCUT2D eigenvalue weighted by atomic mass is 16.3. The standard InChI is InChI=1S/C10H18O/c1-3-4-6-9-7-5-8-10(9,2)11/h7,11H,3-6,8H2,1-2H3/t10-/m0/s1. The lowest BCUT2D eigenvalue weighted by Crippen LogP contribution is -2.22. The number of allylic oxidation sites excluding steroid dienone is 1. The van der Waals surface area contributed by atoms with E-state index in [0.29, 0.717) is 0 Å². The fourth-order valence-electron chi connectivity index (χ4n) is 1.65. The predicted octanol–water partition coefficient (Wildman–Crippen LogP) is 2.65. The van der Waals surface area contributed by atoms with Crippen molar-refractivity contribution < 1.29 is 5.11 Å². The molecule has 1 atom stereocenters. The van der Waals surface area contributed by atoms with Crippen LogP contribution in [0.1, 0.15) is 46.0 Å². The molecule has 0 unspecified atom stereocenters. The number of aliphatic hydroxyl groups is 1. The largest absolute Gasteiger partial charge is 0.386 e. The first-order valence-electron chi connectivity index (χ1n) is 4.58. The number of unbranched alkanes of at least 4 members (excludes halogenated alkanes) is 1. The Kier molecular flexibility index (Phi) is 2.72. The van der Waals surface area contributed by atoms with Crippen molar-refractivity contribution in [3.63, 3.8) is 0 Å². The lowest BCUT2D eigenvalue weighted by molar-refractivity contribution is 0.0961. The van der Waals surface area contributed by atoms with Gasteiger partial charge in [-0.2, -0.15) is 0 Å². The summed E-state index contributed by atoms with van der Waals surface area (Å²) >= 11 is 0. The van der Waals surface area contributed by atoms with Crippen LogP contribution in [0.3, 0.4) is 0 Å². The van der Waals surface area contributed by atoms with E-state index in [4.69, 9.17) is 0 Å². The van der Waals surface area contributed by atoms with Crippen LogP contribution in [0.5, 0.6) is 0 Å². The third-order valence-corrected chi connectivity index (χ3v) is 2.51. The highest BCUT2D eigenvalue weighted by Crippen LogP contribution is 2.32. The van der Waals surface area contributed by atoms with E-state index >= 15 is 0 Å². The van der Waals surface area contributed by atoms with Crippen molar-refractivity contribution in [3.05, 3.63) is 11.6 Å². The van der Waals surface area contributed by atoms with Gasteiger partial charge in [0.05, 0.1) is 5.60 Å². The minimum atomic E-state index is -0.477. The summed E-state index contributed by atoms with van der Waals surface area (Å²) in [6, 6.07) is 0. The van der Waals surface area contributed by atoms with Gasteiger partial charge in [0, 0.05) is 0 Å². The van der Waals surface area contributed by atoms with Gasteiger partial charge in [-0.1, -0.05) is 19.4 Å². The molecule has 64 valence electrons. The molecule has 0 saturated carbocycles. The molecule has 0 aromatic carbocycles. The first kappa shape index (κ1) is 8.79. The highest BCUT2D eigenvalue weighted by Gasteiger charge is 2.28. The fraction of sp³-hybridized carbons (Fsp3) is 0.800. The van der Waals surface area contributed by atoms with Crippen LogP contribution in [0.25, 0.3) is 0 Å². The molecule has 11 heavy (non-hydrogen) atoms. The molecular weight excluding hydrogens is 136 g/mol. The zero-order valence-electron chi connectivity index (χ0n) is 7.56. The lowest BCUT2D eigenvalue weighted by Gasteiger charge is -2.20. The van der Waals surface area contributed by atoms with Gasteiger partial charge in [-0.05, 0) is 38.2 Å². The van der Waals surface area contributed by atoms with Crippen molar-refractivity contribution in [1.82, 2.24) is 0 Å². The van der Waals surface area contributed by atoms with Crippen molar-refractivity contribution in [2.45, 2.75) is 51.6 Å². The Hall–Kier alpha value is -0.300. The zero-order valence-corrected chi connectivity index (χ0v) is 7.56. The molecule has 0 saturated heterocycles. The third-order valence-electron chi connectivity index (χ3n) is 2.51. The highest BCUT2D eigenvalue weighted by molar-refractivity contribution is 5.20. The molecule has 1 nitrogen and oxygen atoms in total. The van der Waals surface area contributed by atoms with Gasteiger partial charge in [0.15, 0.2) is 0 Å². The maximum absolute atomic E-state index is 9.81. The monoisotopic (exact) mass is 154 g/mol. The quantitative estimate of drug-likeness (QED) is 0.619. The average molecular weight is 154 g/mol. The molecule has 1 heteroatoms. The van der Waals surface area contributed by atoms with Crippen molar-refractivity contribution in [3.8, 4) is 0 Å². The van der Waals surface area contributed by atoms with E-state index in [-0.39, 0.29) is 0 Å². The van der Waals surface area contributed by atoms with Crippen LogP contribution in [0.4, 0.5) is 0 Å². The summed E-state index contributed by atoms with van der Waals surface area (Å²) in [6.45, 7) is 4.12. The fourth-order valence-corrected chi connectivity index (χ4v) is 1.65. The van der Waals surface area contributed by atoms with E-state index in [1.165, 1.54) is 18.4 Å². The molecule has 0 aliphatic heterocycles. The average Bonchev–Trinajstić information content (AvgIpc) is 2.25. The lowest BCUT2D eigenvalue weighted by atomic mass is 9.94. The summed E-state index contributed by atoms with van der Waals surface area (Å²) in [5, 5.41) is 9.81. The van der Waals surface area contributed by atoms with Crippen LogP contribution < -0.4 is 0 Å². The van der Waals surface area contributed by atoms with Crippen molar-refractivity contribution in [2.24, 2.45) is 0 Å². The number of hydrogen-bond donors (Lipinski definition) is 1. The Balaban J connectivity index is 2.44. The second kappa shape index (κ2) is 3.40. The Morgan fingerprint density at radius 2 is 2.36 bits per heavy atom. The Morgan fingerprint density at radius 3 is 2.82 bits per heavy atom. The maximum atomic E-state index is 9.81. The van der Waals surface area contributed by atoms with E-state index < -0.39 is 5.60 Å². The molecular formula is C10H18O. The molecule has 0 aromatic rings. The molecule has 0 spiro atoms. The molecule has 0 amide bonds. The summed E-state index contributed by atoms with van der Waals surface area (Å²) in [6.07, 6.45) is 7.70. The summed E-state index contributed by atoms with van der Waals surface area (Å²) in [5.74, 6) is 0. The molecule has 0 fully saturated rings. The summed E-state index contributed by atoms with van der Waals surface area (Å²) < 4.78 is 0. The number of hydrogen-bond acceptors (Lipinski definition) is 1. The minimum absolute atomic E-state index is 0.477. The Labute approximate surface area is 69.1 Å². The summed E-state index contributed by atoms with van der Waals surface area (Å²) in [4.78, 5) is 0. The van der Waals surface area contributed by atoms with Crippen LogP contribution >= 0.6 is 0 Å². The van der Waals surface area contributed by atoms with E-state index in [2.05, 4.69) is 13.0 Å². The van der Waals surface area contributed by atoms with Gasteiger partial charge >= 0.3 is 0 Å². The van der Waals surface area contributed by atoms with E-state index in [0.717, 1.165) is 19.3 Å². The van der Waals surface area contributed by atoms with Crippen LogP contribution in [0, 0.1) is 0 Å². The first-order valence-corrected chi connectivity index (χ1v) is 4.58. The van der Waals surface area contributed by atoms with E-state index in [1.54, 1.807) is 0 Å². The van der Waals surface area contributed by atoms with Crippen molar-refractivity contribution >= 4 is 0 Å². The second-order valence-electron chi connectivity index (χ2n) is 3.65. The molecule has 1 aliphatic carbocycles. The van der Waals surface area contributed by atoms with Gasteiger partial charge < -0.3 is 5.11 Å². The number of rotatable bonds is 3. The molecule has 0 bridgehead atoms. The van der Waals surface area contributed by atoms with Crippen molar-refractivity contribution in [2.75, 3.05) is 0 Å². The normalized spacial score (nSPS) is 30.6. The predicted molar refractivity (Wildman–Crippen MR) is 47.5 cm³/mol. The molecule has 1 aliphatic rings. The van der Waals surface area contributed by atoms with E-state index in [9.17, 15) is 5.11 Å². The van der Waals surface area contributed by atoms with Gasteiger partial charge in [0.2, 0.25) is 0 Å². The molecule has 1 rings (SSSR count). The second-order valence-corrected chi connectivity index (χ2v) is 3.65. The molecule has 1 N–H and O–H groups in total. The van der Waals surface area contributed by atoms with Gasteiger partial charge in [0.1, 0.15) is 0 Å². The summed E-state index contributed by atoms with van der Waals surface area (Å²) in [5.41, 5.74) is 0.786. The van der Waals surface area contributed by atoms with E-state index in [1.807, 2.05) is 6.92 Å². The van der Waals surface area contributed by atoms with Crippen LogP contribution in [-0.2, 0) is 0 Å². The first-order chi connectivity index (χ1) is 5.17. The topological polar surface area (TPSA) is 20.2 Å². The van der Waals surface area contributed by atoms with Crippen molar-refractivity contribution in [1.29, 1.82) is 0 Å². The van der Waals surface area contributed by atoms with Crippen LogP contribution in [-0.4, -0.2) is 10.7 Å². The van der Waals surface area contributed by atoms with Gasteiger partial charge in [-0.25, -0.2) is 0 Å². The molecule has 0 radical (unpaired) electrons.